The molecule has 1 aromatic rings. The number of anilines is 1. The second-order valence-corrected chi connectivity index (χ2v) is 7.00. The summed E-state index contributed by atoms with van der Waals surface area (Å²) in [7, 11) is 2.12. The largest absolute Gasteiger partial charge is 0.394 e. The van der Waals surface area contributed by atoms with Crippen molar-refractivity contribution in [1.29, 1.82) is 0 Å². The third-order valence-corrected chi connectivity index (χ3v) is 4.70. The summed E-state index contributed by atoms with van der Waals surface area (Å²) in [6.07, 6.45) is 0. The van der Waals surface area contributed by atoms with E-state index in [1.807, 2.05) is 0 Å². The van der Waals surface area contributed by atoms with E-state index >= 15 is 0 Å². The number of benzene rings is 1. The molecule has 1 unspecified atom stereocenters. The Balaban J connectivity index is 2.40. The first-order chi connectivity index (χ1) is 8.85. The average Bonchev–Trinajstić information content (AvgIpc) is 2.31. The highest BCUT2D eigenvalue weighted by atomic mass is 79.9. The summed E-state index contributed by atoms with van der Waals surface area (Å²) in [4.78, 5) is 4.65. The zero-order chi connectivity index (χ0) is 14.2. The van der Waals surface area contributed by atoms with Crippen molar-refractivity contribution in [3.63, 3.8) is 0 Å². The van der Waals surface area contributed by atoms with Crippen LogP contribution in [0.2, 0.25) is 0 Å². The minimum Gasteiger partial charge on any atom is -0.394 e. The second kappa shape index (κ2) is 5.43. The van der Waals surface area contributed by atoms with Crippen molar-refractivity contribution in [3.05, 3.63) is 28.2 Å². The van der Waals surface area contributed by atoms with Gasteiger partial charge in [-0.2, -0.15) is 0 Å². The van der Waals surface area contributed by atoms with Gasteiger partial charge in [0.05, 0.1) is 12.6 Å². The fourth-order valence-corrected chi connectivity index (χ4v) is 3.53. The van der Waals surface area contributed by atoms with Gasteiger partial charge in [0.25, 0.3) is 0 Å². The van der Waals surface area contributed by atoms with Gasteiger partial charge < -0.3 is 14.9 Å². The number of hydrogen-bond donors (Lipinski definition) is 1. The maximum absolute atomic E-state index is 9.72. The molecule has 0 spiro atoms. The Bertz CT molecular complexity index is 461. The number of nitrogens with zero attached hydrogens (tertiary/aromatic N) is 2. The molecule has 0 aromatic heterocycles. The number of halogens is 1. The lowest BCUT2D eigenvalue weighted by atomic mass is 9.94. The summed E-state index contributed by atoms with van der Waals surface area (Å²) in [6, 6.07) is 6.58. The summed E-state index contributed by atoms with van der Waals surface area (Å²) < 4.78 is 1.12. The van der Waals surface area contributed by atoms with Crippen LogP contribution in [0.15, 0.2) is 22.7 Å². The second-order valence-electron chi connectivity index (χ2n) is 6.15. The smallest absolute Gasteiger partial charge is 0.0653 e. The molecule has 1 aliphatic rings. The van der Waals surface area contributed by atoms with E-state index in [9.17, 15) is 5.11 Å². The summed E-state index contributed by atoms with van der Waals surface area (Å²) in [6.45, 7) is 8.63. The lowest BCUT2D eigenvalue weighted by Gasteiger charge is -2.52. The summed E-state index contributed by atoms with van der Waals surface area (Å²) in [5.74, 6) is 0. The molecule has 2 rings (SSSR count). The summed E-state index contributed by atoms with van der Waals surface area (Å²) in [5.41, 5.74) is 2.42. The van der Waals surface area contributed by atoms with Gasteiger partial charge in [0.15, 0.2) is 0 Å². The molecular formula is C15H23BrN2O. The predicted octanol–water partition coefficient (Wildman–Crippen LogP) is 2.65. The summed E-state index contributed by atoms with van der Waals surface area (Å²) >= 11 is 3.60. The first-order valence-corrected chi connectivity index (χ1v) is 7.49. The van der Waals surface area contributed by atoms with Crippen molar-refractivity contribution in [3.8, 4) is 0 Å². The fourth-order valence-electron chi connectivity index (χ4n) is 3.17. The number of aliphatic hydroxyl groups excluding tert-OH is 1. The lowest BCUT2D eigenvalue weighted by Crippen LogP contribution is -2.64. The minimum absolute atomic E-state index is 0.00902. The molecule has 0 saturated carbocycles. The van der Waals surface area contributed by atoms with Crippen molar-refractivity contribution in [1.82, 2.24) is 4.90 Å². The van der Waals surface area contributed by atoms with Gasteiger partial charge in [0.2, 0.25) is 0 Å². The Kier molecular flexibility index (Phi) is 4.23. The number of likely N-dealkylation sites (N-methyl/N-ethyl adjacent to an activating group) is 1. The normalized spacial score (nSPS) is 23.7. The number of piperazine rings is 1. The maximum Gasteiger partial charge on any atom is 0.0653 e. The lowest BCUT2D eigenvalue weighted by molar-refractivity contribution is 0.137. The molecule has 1 aromatic carbocycles. The number of hydrogen-bond acceptors (Lipinski definition) is 3. The van der Waals surface area contributed by atoms with E-state index in [1.54, 1.807) is 0 Å². The van der Waals surface area contributed by atoms with Crippen LogP contribution in [0.1, 0.15) is 19.4 Å². The molecule has 4 heteroatoms. The van der Waals surface area contributed by atoms with Crippen LogP contribution in [0.25, 0.3) is 0 Å². The quantitative estimate of drug-likeness (QED) is 0.905. The SMILES string of the molecule is Cc1ccc(N2C(CO)CN(C)CC2(C)C)cc1Br. The zero-order valence-electron chi connectivity index (χ0n) is 12.2. The highest BCUT2D eigenvalue weighted by Gasteiger charge is 2.38. The molecule has 1 fully saturated rings. The fraction of sp³-hybridized carbons (Fsp3) is 0.600. The molecule has 0 radical (unpaired) electrons. The van der Waals surface area contributed by atoms with Gasteiger partial charge in [0, 0.05) is 28.8 Å². The Hall–Kier alpha value is -0.580. The van der Waals surface area contributed by atoms with E-state index in [0.29, 0.717) is 0 Å². The number of aryl methyl sites for hydroxylation is 1. The summed E-state index contributed by atoms with van der Waals surface area (Å²) in [5, 5.41) is 9.72. The van der Waals surface area contributed by atoms with Crippen molar-refractivity contribution in [2.24, 2.45) is 0 Å². The average molecular weight is 327 g/mol. The van der Waals surface area contributed by atoms with Gasteiger partial charge in [-0.25, -0.2) is 0 Å². The van der Waals surface area contributed by atoms with E-state index < -0.39 is 0 Å². The van der Waals surface area contributed by atoms with Gasteiger partial charge in [-0.1, -0.05) is 22.0 Å². The maximum atomic E-state index is 9.72. The first kappa shape index (κ1) is 14.8. The molecule has 1 saturated heterocycles. The van der Waals surface area contributed by atoms with E-state index in [-0.39, 0.29) is 18.2 Å². The molecule has 1 atom stereocenters. The molecule has 106 valence electrons. The Morgan fingerprint density at radius 2 is 2.11 bits per heavy atom. The monoisotopic (exact) mass is 326 g/mol. The first-order valence-electron chi connectivity index (χ1n) is 6.70. The topological polar surface area (TPSA) is 26.7 Å². The molecule has 0 bridgehead atoms. The van der Waals surface area contributed by atoms with Gasteiger partial charge in [-0.05, 0) is 45.5 Å². The highest BCUT2D eigenvalue weighted by molar-refractivity contribution is 9.10. The van der Waals surface area contributed by atoms with Crippen molar-refractivity contribution in [2.75, 3.05) is 31.6 Å². The van der Waals surface area contributed by atoms with Crippen molar-refractivity contribution < 1.29 is 5.11 Å². The standard InChI is InChI=1S/C15H23BrN2O/c1-11-5-6-12(7-14(11)16)18-13(9-19)8-17(4)10-15(18,2)3/h5-7,13,19H,8-10H2,1-4H3. The number of aliphatic hydroxyl groups is 1. The molecule has 19 heavy (non-hydrogen) atoms. The van der Waals surface area contributed by atoms with Gasteiger partial charge in [0.1, 0.15) is 0 Å². The number of rotatable bonds is 2. The molecule has 0 amide bonds. The third-order valence-electron chi connectivity index (χ3n) is 3.84. The van der Waals surface area contributed by atoms with E-state index in [0.717, 1.165) is 17.6 Å². The zero-order valence-corrected chi connectivity index (χ0v) is 13.7. The van der Waals surface area contributed by atoms with Crippen LogP contribution < -0.4 is 4.90 Å². The van der Waals surface area contributed by atoms with Crippen LogP contribution in [0, 0.1) is 6.92 Å². The Morgan fingerprint density at radius 1 is 1.42 bits per heavy atom. The van der Waals surface area contributed by atoms with Crippen molar-refractivity contribution in [2.45, 2.75) is 32.4 Å². The Morgan fingerprint density at radius 3 is 2.68 bits per heavy atom. The van der Waals surface area contributed by atoms with Crippen LogP contribution in [-0.2, 0) is 0 Å². The van der Waals surface area contributed by atoms with Gasteiger partial charge in [-0.15, -0.1) is 0 Å². The van der Waals surface area contributed by atoms with E-state index in [4.69, 9.17) is 0 Å². The Labute approximate surface area is 124 Å². The van der Waals surface area contributed by atoms with Crippen LogP contribution in [0.5, 0.6) is 0 Å². The van der Waals surface area contributed by atoms with E-state index in [2.05, 4.69) is 71.7 Å². The minimum atomic E-state index is 0.00902. The van der Waals surface area contributed by atoms with Crippen LogP contribution in [-0.4, -0.2) is 48.3 Å². The van der Waals surface area contributed by atoms with E-state index in [1.165, 1.54) is 11.3 Å². The highest BCUT2D eigenvalue weighted by Crippen LogP contribution is 2.33. The predicted molar refractivity (Wildman–Crippen MR) is 83.8 cm³/mol. The molecule has 1 heterocycles. The van der Waals surface area contributed by atoms with Crippen LogP contribution in [0.3, 0.4) is 0 Å². The molecule has 3 nitrogen and oxygen atoms in total. The van der Waals surface area contributed by atoms with Gasteiger partial charge >= 0.3 is 0 Å². The van der Waals surface area contributed by atoms with Crippen molar-refractivity contribution >= 4 is 21.6 Å². The molecular weight excluding hydrogens is 304 g/mol. The molecule has 1 aliphatic heterocycles. The molecule has 0 aliphatic carbocycles. The third kappa shape index (κ3) is 2.96. The molecule has 1 N–H and O–H groups in total. The van der Waals surface area contributed by atoms with Crippen LogP contribution in [0.4, 0.5) is 5.69 Å². The van der Waals surface area contributed by atoms with Crippen LogP contribution >= 0.6 is 15.9 Å². The van der Waals surface area contributed by atoms with Gasteiger partial charge in [-0.3, -0.25) is 0 Å².